The summed E-state index contributed by atoms with van der Waals surface area (Å²) in [6.45, 7) is 0.826. The molecular weight excluding hydrogens is 302 g/mol. The third kappa shape index (κ3) is 3.65. The Kier molecular flexibility index (Phi) is 5.57. The summed E-state index contributed by atoms with van der Waals surface area (Å²) in [7, 11) is 1.58. The minimum atomic E-state index is -0.514. The summed E-state index contributed by atoms with van der Waals surface area (Å²) in [6.07, 6.45) is 5.53. The van der Waals surface area contributed by atoms with Crippen molar-refractivity contribution < 1.29 is 14.6 Å². The average Bonchev–Trinajstić information content (AvgIpc) is 3.17. The molecule has 2 bridgehead atoms. The molecule has 0 saturated heterocycles. The number of methoxy groups -OCH3 is 1. The number of aliphatic hydroxyl groups excluding tert-OH is 1. The fourth-order valence-corrected chi connectivity index (χ4v) is 4.78. The van der Waals surface area contributed by atoms with Gasteiger partial charge in [-0.25, -0.2) is 0 Å². The summed E-state index contributed by atoms with van der Waals surface area (Å²) in [5.74, 6) is 1.40. The quantitative estimate of drug-likeness (QED) is 0.770. The van der Waals surface area contributed by atoms with Gasteiger partial charge in [-0.05, 0) is 49.5 Å². The molecular formula is C20H29NO3. The number of benzene rings is 1. The van der Waals surface area contributed by atoms with Gasteiger partial charge < -0.3 is 15.2 Å². The van der Waals surface area contributed by atoms with Crippen LogP contribution in [0.25, 0.3) is 0 Å². The van der Waals surface area contributed by atoms with Crippen LogP contribution in [0, 0.1) is 17.3 Å². The third-order valence-corrected chi connectivity index (χ3v) is 5.91. The molecule has 2 aliphatic carbocycles. The van der Waals surface area contributed by atoms with E-state index >= 15 is 0 Å². The first-order valence-corrected chi connectivity index (χ1v) is 9.13. The van der Waals surface area contributed by atoms with E-state index in [4.69, 9.17) is 4.74 Å². The Hall–Kier alpha value is -1.39. The minimum Gasteiger partial charge on any atom is -0.391 e. The number of amides is 1. The number of carbonyl (C=O) groups is 1. The van der Waals surface area contributed by atoms with Crippen molar-refractivity contribution in [3.63, 3.8) is 0 Å². The molecule has 1 aromatic carbocycles. The van der Waals surface area contributed by atoms with Crippen LogP contribution in [0.5, 0.6) is 0 Å². The molecule has 2 N–H and O–H groups in total. The van der Waals surface area contributed by atoms with Crippen LogP contribution >= 0.6 is 0 Å². The molecule has 0 spiro atoms. The Labute approximate surface area is 144 Å². The van der Waals surface area contributed by atoms with Gasteiger partial charge in [-0.3, -0.25) is 4.79 Å². The van der Waals surface area contributed by atoms with Crippen LogP contribution in [0.2, 0.25) is 0 Å². The van der Waals surface area contributed by atoms with Crippen molar-refractivity contribution in [3.05, 3.63) is 35.9 Å². The van der Waals surface area contributed by atoms with Crippen molar-refractivity contribution in [1.29, 1.82) is 0 Å². The fraction of sp³-hybridized carbons (Fsp3) is 0.650. The van der Waals surface area contributed by atoms with Gasteiger partial charge in [-0.2, -0.15) is 0 Å². The number of hydrogen-bond acceptors (Lipinski definition) is 3. The Morgan fingerprint density at radius 2 is 2.17 bits per heavy atom. The van der Waals surface area contributed by atoms with Crippen LogP contribution in [0.4, 0.5) is 0 Å². The fourth-order valence-electron chi connectivity index (χ4n) is 4.78. The summed E-state index contributed by atoms with van der Waals surface area (Å²) < 4.78 is 4.94. The summed E-state index contributed by atoms with van der Waals surface area (Å²) in [6, 6.07) is 10.4. The molecule has 4 unspecified atom stereocenters. The summed E-state index contributed by atoms with van der Waals surface area (Å²) in [5.41, 5.74) is 0.996. The third-order valence-electron chi connectivity index (χ3n) is 5.91. The van der Waals surface area contributed by atoms with E-state index < -0.39 is 6.10 Å². The van der Waals surface area contributed by atoms with Crippen LogP contribution in [0.1, 0.15) is 37.7 Å². The van der Waals surface area contributed by atoms with Crippen LogP contribution in [0.3, 0.4) is 0 Å². The van der Waals surface area contributed by atoms with E-state index in [1.807, 2.05) is 6.07 Å². The van der Waals surface area contributed by atoms with E-state index in [2.05, 4.69) is 29.6 Å². The number of ether oxygens (including phenoxy) is 1. The number of hydrogen-bond donors (Lipinski definition) is 2. The van der Waals surface area contributed by atoms with Crippen molar-refractivity contribution >= 4 is 5.91 Å². The molecule has 132 valence electrons. The average molecular weight is 331 g/mol. The van der Waals surface area contributed by atoms with Gasteiger partial charge in [-0.15, -0.1) is 0 Å². The lowest BCUT2D eigenvalue weighted by molar-refractivity contribution is -0.134. The van der Waals surface area contributed by atoms with E-state index in [0.29, 0.717) is 31.4 Å². The molecule has 0 aromatic heterocycles. The lowest BCUT2D eigenvalue weighted by atomic mass is 9.68. The second-order valence-electron chi connectivity index (χ2n) is 7.55. The summed E-state index contributed by atoms with van der Waals surface area (Å²) in [4.78, 5) is 13.1. The monoisotopic (exact) mass is 331 g/mol. The first-order chi connectivity index (χ1) is 11.6. The van der Waals surface area contributed by atoms with Crippen LogP contribution in [-0.2, 0) is 16.0 Å². The van der Waals surface area contributed by atoms with E-state index in [1.165, 1.54) is 24.8 Å². The maximum atomic E-state index is 13.1. The van der Waals surface area contributed by atoms with E-state index in [-0.39, 0.29) is 11.3 Å². The number of aliphatic hydroxyl groups is 1. The number of rotatable bonds is 8. The lowest BCUT2D eigenvalue weighted by Gasteiger charge is -2.36. The van der Waals surface area contributed by atoms with Gasteiger partial charge in [0.2, 0.25) is 5.91 Å². The van der Waals surface area contributed by atoms with Crippen LogP contribution in [0.15, 0.2) is 30.3 Å². The molecule has 2 fully saturated rings. The molecule has 1 aromatic rings. The van der Waals surface area contributed by atoms with Gasteiger partial charge in [0, 0.05) is 13.7 Å². The Morgan fingerprint density at radius 1 is 1.38 bits per heavy atom. The lowest BCUT2D eigenvalue weighted by Crippen LogP contribution is -2.46. The Balaban J connectivity index is 1.66. The van der Waals surface area contributed by atoms with Crippen LogP contribution in [-0.4, -0.2) is 37.4 Å². The number of fused-ring (bicyclic) bond motifs is 2. The molecule has 4 heteroatoms. The second-order valence-corrected chi connectivity index (χ2v) is 7.55. The summed E-state index contributed by atoms with van der Waals surface area (Å²) in [5, 5.41) is 12.9. The largest absolute Gasteiger partial charge is 0.391 e. The standard InChI is InChI=1S/C20H29NO3/c1-24-14-18(22)9-10-21-19(23)20(12-15-5-3-2-4-6-15)13-16-7-8-17(20)11-16/h2-6,16-18,22H,7-14H2,1H3,(H,21,23). The van der Waals surface area contributed by atoms with E-state index in [0.717, 1.165) is 12.8 Å². The van der Waals surface area contributed by atoms with Gasteiger partial charge >= 0.3 is 0 Å². The van der Waals surface area contributed by atoms with Gasteiger partial charge in [0.25, 0.3) is 0 Å². The maximum Gasteiger partial charge on any atom is 0.226 e. The highest BCUT2D eigenvalue weighted by Crippen LogP contribution is 2.57. The topological polar surface area (TPSA) is 58.6 Å². The normalized spacial score (nSPS) is 29.6. The predicted molar refractivity (Wildman–Crippen MR) is 93.5 cm³/mol. The van der Waals surface area contributed by atoms with Gasteiger partial charge in [0.1, 0.15) is 0 Å². The summed E-state index contributed by atoms with van der Waals surface area (Å²) >= 11 is 0. The smallest absolute Gasteiger partial charge is 0.226 e. The molecule has 4 atom stereocenters. The SMILES string of the molecule is COCC(O)CCNC(=O)C1(Cc2ccccc2)CC2CCC1C2. The number of carbonyl (C=O) groups excluding carboxylic acids is 1. The molecule has 4 nitrogen and oxygen atoms in total. The van der Waals surface area contributed by atoms with Crippen molar-refractivity contribution in [2.45, 2.75) is 44.6 Å². The zero-order valence-corrected chi connectivity index (χ0v) is 14.5. The molecule has 0 aliphatic heterocycles. The second kappa shape index (κ2) is 7.66. The van der Waals surface area contributed by atoms with Crippen molar-refractivity contribution in [2.75, 3.05) is 20.3 Å². The zero-order chi connectivity index (χ0) is 17.0. The van der Waals surface area contributed by atoms with Gasteiger partial charge in [0.05, 0.1) is 18.1 Å². The Morgan fingerprint density at radius 3 is 2.79 bits per heavy atom. The van der Waals surface area contributed by atoms with Crippen molar-refractivity contribution in [2.24, 2.45) is 17.3 Å². The highest BCUT2D eigenvalue weighted by Gasteiger charge is 2.55. The van der Waals surface area contributed by atoms with E-state index in [9.17, 15) is 9.90 Å². The molecule has 24 heavy (non-hydrogen) atoms. The molecule has 2 saturated carbocycles. The molecule has 2 aliphatic rings. The van der Waals surface area contributed by atoms with Crippen molar-refractivity contribution in [3.8, 4) is 0 Å². The first-order valence-electron chi connectivity index (χ1n) is 9.13. The minimum absolute atomic E-state index is 0.183. The predicted octanol–water partition coefficient (Wildman–Crippen LogP) is 2.55. The van der Waals surface area contributed by atoms with E-state index in [1.54, 1.807) is 7.11 Å². The van der Waals surface area contributed by atoms with Crippen LogP contribution < -0.4 is 5.32 Å². The highest BCUT2D eigenvalue weighted by molar-refractivity contribution is 5.84. The maximum absolute atomic E-state index is 13.1. The molecule has 1 amide bonds. The van der Waals surface area contributed by atoms with Gasteiger partial charge in [0.15, 0.2) is 0 Å². The van der Waals surface area contributed by atoms with Gasteiger partial charge in [-0.1, -0.05) is 36.8 Å². The highest BCUT2D eigenvalue weighted by atomic mass is 16.5. The molecule has 0 radical (unpaired) electrons. The Bertz CT molecular complexity index is 547. The molecule has 0 heterocycles. The first kappa shape index (κ1) is 17.4. The number of nitrogens with one attached hydrogen (secondary N) is 1. The zero-order valence-electron chi connectivity index (χ0n) is 14.5. The molecule has 3 rings (SSSR count). The van der Waals surface area contributed by atoms with Crippen molar-refractivity contribution in [1.82, 2.24) is 5.32 Å².